The fourth-order valence-corrected chi connectivity index (χ4v) is 1.46. The Morgan fingerprint density at radius 2 is 2.35 bits per heavy atom. The first-order valence-electron chi connectivity index (χ1n) is 5.19. The van der Waals surface area contributed by atoms with Crippen LogP contribution in [-0.2, 0) is 9.53 Å². The third-order valence-corrected chi connectivity index (χ3v) is 2.26. The van der Waals surface area contributed by atoms with Crippen LogP contribution >= 0.6 is 11.6 Å². The maximum atomic E-state index is 11.1. The first-order valence-corrected chi connectivity index (χ1v) is 5.57. The smallest absolute Gasteiger partial charge is 0.309 e. The summed E-state index contributed by atoms with van der Waals surface area (Å²) in [6.45, 7) is 2.12. The highest BCUT2D eigenvalue weighted by Gasteiger charge is 2.00. The molecule has 0 atom stereocenters. The molecule has 0 spiro atoms. The highest BCUT2D eigenvalue weighted by molar-refractivity contribution is 6.30. The number of benzene rings is 1. The van der Waals surface area contributed by atoms with Crippen molar-refractivity contribution in [3.8, 4) is 6.07 Å². The summed E-state index contributed by atoms with van der Waals surface area (Å²) in [4.78, 5) is 11.1. The Morgan fingerprint density at radius 1 is 1.59 bits per heavy atom. The number of carbonyl (C=O) groups excluding carboxylic acids is 1. The van der Waals surface area contributed by atoms with Gasteiger partial charge in [0, 0.05) is 5.02 Å². The molecule has 1 aromatic rings. The van der Waals surface area contributed by atoms with Crippen molar-refractivity contribution in [2.45, 2.75) is 13.3 Å². The molecule has 0 heterocycles. The Labute approximate surface area is 105 Å². The molecule has 4 heteroatoms. The summed E-state index contributed by atoms with van der Waals surface area (Å²) in [6, 6.07) is 7.04. The maximum absolute atomic E-state index is 11.1. The van der Waals surface area contributed by atoms with Gasteiger partial charge in [0.25, 0.3) is 0 Å². The molecule has 0 bridgehead atoms. The Hall–Kier alpha value is -1.79. The first-order chi connectivity index (χ1) is 8.17. The van der Waals surface area contributed by atoms with E-state index in [1.165, 1.54) is 0 Å². The third-order valence-electron chi connectivity index (χ3n) is 2.02. The zero-order valence-corrected chi connectivity index (χ0v) is 10.2. The number of ether oxygens (including phenoxy) is 1. The Bertz CT molecular complexity index is 475. The molecule has 0 aromatic heterocycles. The molecule has 1 aromatic carbocycles. The molecule has 0 aliphatic rings. The zero-order chi connectivity index (χ0) is 12.7. The lowest BCUT2D eigenvalue weighted by molar-refractivity contribution is -0.142. The number of hydrogen-bond donors (Lipinski definition) is 0. The van der Waals surface area contributed by atoms with Gasteiger partial charge in [-0.25, -0.2) is 0 Å². The predicted molar refractivity (Wildman–Crippen MR) is 66.5 cm³/mol. The van der Waals surface area contributed by atoms with Crippen molar-refractivity contribution >= 4 is 23.6 Å². The van der Waals surface area contributed by atoms with Crippen LogP contribution in [0.1, 0.15) is 24.5 Å². The molecule has 0 radical (unpaired) electrons. The van der Waals surface area contributed by atoms with E-state index in [0.717, 1.165) is 0 Å². The quantitative estimate of drug-likeness (QED) is 0.770. The minimum Gasteiger partial charge on any atom is -0.466 e. The summed E-state index contributed by atoms with van der Waals surface area (Å²) in [6.07, 6.45) is 3.54. The van der Waals surface area contributed by atoms with Gasteiger partial charge in [0.05, 0.1) is 24.7 Å². The largest absolute Gasteiger partial charge is 0.466 e. The molecule has 0 saturated heterocycles. The lowest BCUT2D eigenvalue weighted by atomic mass is 10.1. The van der Waals surface area contributed by atoms with Crippen LogP contribution in [0.15, 0.2) is 24.3 Å². The van der Waals surface area contributed by atoms with Crippen LogP contribution in [0.4, 0.5) is 0 Å². The molecular weight excluding hydrogens is 238 g/mol. The molecule has 0 amide bonds. The van der Waals surface area contributed by atoms with Gasteiger partial charge in [-0.15, -0.1) is 0 Å². The second kappa shape index (κ2) is 6.72. The SMILES string of the molecule is CCOC(=O)CC=Cc1cc(Cl)ccc1C#N. The maximum Gasteiger partial charge on any atom is 0.309 e. The third kappa shape index (κ3) is 4.29. The molecule has 88 valence electrons. The summed E-state index contributed by atoms with van der Waals surface area (Å²) in [5, 5.41) is 9.44. The molecule has 0 fully saturated rings. The standard InChI is InChI=1S/C13H12ClNO2/c1-2-17-13(16)5-3-4-10-8-12(14)7-6-11(10)9-15/h3-4,6-8H,2,5H2,1H3. The molecule has 17 heavy (non-hydrogen) atoms. The van der Waals surface area contributed by atoms with Crippen LogP contribution in [0.5, 0.6) is 0 Å². The Kier molecular flexibility index (Phi) is 5.25. The van der Waals surface area contributed by atoms with E-state index < -0.39 is 0 Å². The van der Waals surface area contributed by atoms with Crippen LogP contribution < -0.4 is 0 Å². The highest BCUT2D eigenvalue weighted by atomic mass is 35.5. The average Bonchev–Trinajstić information content (AvgIpc) is 2.30. The molecule has 1 rings (SSSR count). The van der Waals surface area contributed by atoms with E-state index in [1.807, 2.05) is 0 Å². The van der Waals surface area contributed by atoms with E-state index >= 15 is 0 Å². The highest BCUT2D eigenvalue weighted by Crippen LogP contribution is 2.17. The summed E-state index contributed by atoms with van der Waals surface area (Å²) >= 11 is 5.83. The van der Waals surface area contributed by atoms with Crippen molar-refractivity contribution in [1.82, 2.24) is 0 Å². The minimum absolute atomic E-state index is 0.186. The van der Waals surface area contributed by atoms with Crippen molar-refractivity contribution in [2.24, 2.45) is 0 Å². The number of rotatable bonds is 4. The van der Waals surface area contributed by atoms with Crippen molar-refractivity contribution in [2.75, 3.05) is 6.61 Å². The van der Waals surface area contributed by atoms with Gasteiger partial charge >= 0.3 is 5.97 Å². The summed E-state index contributed by atoms with van der Waals surface area (Å²) < 4.78 is 4.78. The second-order valence-corrected chi connectivity index (χ2v) is 3.69. The molecular formula is C13H12ClNO2. The fourth-order valence-electron chi connectivity index (χ4n) is 1.28. The van der Waals surface area contributed by atoms with E-state index in [9.17, 15) is 4.79 Å². The van der Waals surface area contributed by atoms with Crippen LogP contribution in [0.25, 0.3) is 6.08 Å². The van der Waals surface area contributed by atoms with Gasteiger partial charge in [-0.05, 0) is 30.7 Å². The van der Waals surface area contributed by atoms with E-state index in [4.69, 9.17) is 21.6 Å². The van der Waals surface area contributed by atoms with Crippen LogP contribution in [-0.4, -0.2) is 12.6 Å². The summed E-state index contributed by atoms with van der Waals surface area (Å²) in [5.74, 6) is -0.288. The van der Waals surface area contributed by atoms with Gasteiger partial charge < -0.3 is 4.74 Å². The van der Waals surface area contributed by atoms with Gasteiger partial charge in [-0.1, -0.05) is 23.8 Å². The molecule has 0 aliphatic heterocycles. The van der Waals surface area contributed by atoms with E-state index in [1.54, 1.807) is 37.3 Å². The molecule has 3 nitrogen and oxygen atoms in total. The number of hydrogen-bond acceptors (Lipinski definition) is 3. The first kappa shape index (κ1) is 13.3. The average molecular weight is 250 g/mol. The fraction of sp³-hybridized carbons (Fsp3) is 0.231. The predicted octanol–water partition coefficient (Wildman–Crippen LogP) is 3.18. The van der Waals surface area contributed by atoms with Gasteiger partial charge in [0.2, 0.25) is 0 Å². The zero-order valence-electron chi connectivity index (χ0n) is 9.44. The summed E-state index contributed by atoms with van der Waals surface area (Å²) in [5.41, 5.74) is 1.22. The van der Waals surface area contributed by atoms with E-state index in [0.29, 0.717) is 22.8 Å². The lowest BCUT2D eigenvalue weighted by Crippen LogP contribution is -2.01. The minimum atomic E-state index is -0.288. The second-order valence-electron chi connectivity index (χ2n) is 3.25. The van der Waals surface area contributed by atoms with Gasteiger partial charge in [-0.3, -0.25) is 4.79 Å². The normalized spacial score (nSPS) is 10.2. The molecule has 0 unspecified atom stereocenters. The summed E-state index contributed by atoms with van der Waals surface area (Å²) in [7, 11) is 0. The van der Waals surface area contributed by atoms with Crippen LogP contribution in [0.3, 0.4) is 0 Å². The molecule has 0 aliphatic carbocycles. The number of halogens is 1. The van der Waals surface area contributed by atoms with Crippen LogP contribution in [0, 0.1) is 11.3 Å². The lowest BCUT2D eigenvalue weighted by Gasteiger charge is -1.99. The monoisotopic (exact) mass is 249 g/mol. The van der Waals surface area contributed by atoms with Gasteiger partial charge in [0.15, 0.2) is 0 Å². The van der Waals surface area contributed by atoms with E-state index in [2.05, 4.69) is 6.07 Å². The topological polar surface area (TPSA) is 50.1 Å². The molecule has 0 saturated carbocycles. The Balaban J connectivity index is 2.74. The number of nitrogens with zero attached hydrogens (tertiary/aromatic N) is 1. The number of carbonyl (C=O) groups is 1. The van der Waals surface area contributed by atoms with Crippen molar-refractivity contribution < 1.29 is 9.53 Å². The van der Waals surface area contributed by atoms with E-state index in [-0.39, 0.29) is 12.4 Å². The number of esters is 1. The van der Waals surface area contributed by atoms with Crippen LogP contribution in [0.2, 0.25) is 5.02 Å². The van der Waals surface area contributed by atoms with Crippen molar-refractivity contribution in [3.63, 3.8) is 0 Å². The van der Waals surface area contributed by atoms with Crippen molar-refractivity contribution in [3.05, 3.63) is 40.4 Å². The molecule has 0 N–H and O–H groups in total. The number of nitriles is 1. The Morgan fingerprint density at radius 3 is 3.00 bits per heavy atom. The van der Waals surface area contributed by atoms with Crippen molar-refractivity contribution in [1.29, 1.82) is 5.26 Å². The van der Waals surface area contributed by atoms with Gasteiger partial charge in [0.1, 0.15) is 0 Å². The van der Waals surface area contributed by atoms with Gasteiger partial charge in [-0.2, -0.15) is 5.26 Å².